The van der Waals surface area contributed by atoms with Gasteiger partial charge in [0, 0.05) is 51.7 Å². The molecule has 0 radical (unpaired) electrons. The molecule has 2 heterocycles. The number of piperazine rings is 1. The van der Waals surface area contributed by atoms with Gasteiger partial charge in [-0.2, -0.15) is 0 Å². The fourth-order valence-corrected chi connectivity index (χ4v) is 5.01. The lowest BCUT2D eigenvalue weighted by Gasteiger charge is -2.40. The summed E-state index contributed by atoms with van der Waals surface area (Å²) in [5, 5.41) is 3.13. The number of hydrogen-bond donors (Lipinski definition) is 1. The largest absolute Gasteiger partial charge is 0.354 e. The van der Waals surface area contributed by atoms with Crippen LogP contribution in [0.15, 0.2) is 60.7 Å². The van der Waals surface area contributed by atoms with E-state index >= 15 is 0 Å². The molecule has 0 aliphatic carbocycles. The van der Waals surface area contributed by atoms with Gasteiger partial charge in [-0.1, -0.05) is 60.7 Å². The van der Waals surface area contributed by atoms with Crippen molar-refractivity contribution >= 4 is 11.8 Å². The van der Waals surface area contributed by atoms with Gasteiger partial charge in [-0.25, -0.2) is 0 Å². The Kier molecular flexibility index (Phi) is 8.13. The van der Waals surface area contributed by atoms with Gasteiger partial charge in [0.15, 0.2) is 0 Å². The van der Waals surface area contributed by atoms with Gasteiger partial charge in [-0.05, 0) is 37.4 Å². The third-order valence-corrected chi connectivity index (χ3v) is 6.84. The minimum Gasteiger partial charge on any atom is -0.354 e. The van der Waals surface area contributed by atoms with E-state index in [0.717, 1.165) is 51.0 Å². The summed E-state index contributed by atoms with van der Waals surface area (Å²) < 4.78 is 0. The van der Waals surface area contributed by atoms with E-state index in [1.807, 2.05) is 30.3 Å². The van der Waals surface area contributed by atoms with Crippen molar-refractivity contribution in [3.05, 3.63) is 71.8 Å². The molecule has 2 aliphatic heterocycles. The lowest BCUT2D eigenvalue weighted by molar-refractivity contribution is -0.142. The van der Waals surface area contributed by atoms with Gasteiger partial charge in [0.25, 0.3) is 0 Å². The zero-order chi connectivity index (χ0) is 23.0. The number of likely N-dealkylation sites (N-methyl/N-ethyl adjacent to an activating group) is 1. The van der Waals surface area contributed by atoms with Crippen LogP contribution in [0.3, 0.4) is 0 Å². The van der Waals surface area contributed by atoms with Crippen molar-refractivity contribution in [2.75, 3.05) is 46.3 Å². The molecule has 6 nitrogen and oxygen atoms in total. The number of nitrogens with zero attached hydrogens (tertiary/aromatic N) is 3. The maximum Gasteiger partial charge on any atom is 0.247 e. The van der Waals surface area contributed by atoms with Crippen molar-refractivity contribution in [1.29, 1.82) is 0 Å². The molecule has 4 rings (SSSR count). The fraction of sp³-hybridized carbons (Fsp3) is 0.481. The van der Waals surface area contributed by atoms with Gasteiger partial charge in [0.2, 0.25) is 11.8 Å². The van der Waals surface area contributed by atoms with Crippen LogP contribution in [0, 0.1) is 0 Å². The Bertz CT molecular complexity index is 905. The third-order valence-electron chi connectivity index (χ3n) is 6.84. The molecule has 0 spiro atoms. The Hall–Kier alpha value is -2.70. The summed E-state index contributed by atoms with van der Waals surface area (Å²) in [6.45, 7) is 5.29. The molecule has 176 valence electrons. The van der Waals surface area contributed by atoms with Crippen LogP contribution in [-0.4, -0.2) is 72.8 Å². The number of rotatable bonds is 8. The molecule has 0 bridgehead atoms. The first-order valence-corrected chi connectivity index (χ1v) is 12.2. The highest BCUT2D eigenvalue weighted by Crippen LogP contribution is 2.26. The highest BCUT2D eigenvalue weighted by atomic mass is 16.2. The molecule has 2 atom stereocenters. The van der Waals surface area contributed by atoms with Crippen LogP contribution in [0.2, 0.25) is 0 Å². The molecule has 6 heteroatoms. The van der Waals surface area contributed by atoms with Crippen molar-refractivity contribution in [2.24, 2.45) is 0 Å². The summed E-state index contributed by atoms with van der Waals surface area (Å²) in [6, 6.07) is 20.2. The zero-order valence-corrected chi connectivity index (χ0v) is 19.7. The number of likely N-dealkylation sites (tertiary alicyclic amines) is 1. The van der Waals surface area contributed by atoms with E-state index in [9.17, 15) is 9.59 Å². The Morgan fingerprint density at radius 3 is 2.45 bits per heavy atom. The quantitative estimate of drug-likeness (QED) is 0.630. The highest BCUT2D eigenvalue weighted by molar-refractivity contribution is 5.89. The van der Waals surface area contributed by atoms with Crippen molar-refractivity contribution < 1.29 is 9.59 Å². The summed E-state index contributed by atoms with van der Waals surface area (Å²) in [4.78, 5) is 32.5. The molecule has 2 aliphatic rings. The van der Waals surface area contributed by atoms with Crippen LogP contribution in [-0.2, 0) is 9.59 Å². The fourth-order valence-electron chi connectivity index (χ4n) is 5.01. The topological polar surface area (TPSA) is 55.9 Å². The second-order valence-corrected chi connectivity index (χ2v) is 9.23. The predicted molar refractivity (Wildman–Crippen MR) is 131 cm³/mol. The molecular formula is C27H36N4O2. The van der Waals surface area contributed by atoms with Crippen LogP contribution in [0.5, 0.6) is 0 Å². The molecule has 33 heavy (non-hydrogen) atoms. The van der Waals surface area contributed by atoms with E-state index in [0.29, 0.717) is 25.6 Å². The summed E-state index contributed by atoms with van der Waals surface area (Å²) in [7, 11) is 2.18. The van der Waals surface area contributed by atoms with E-state index in [1.165, 1.54) is 5.56 Å². The lowest BCUT2D eigenvalue weighted by Crippen LogP contribution is -2.48. The molecule has 2 aromatic rings. The molecular weight excluding hydrogens is 412 g/mol. The van der Waals surface area contributed by atoms with Gasteiger partial charge in [0.1, 0.15) is 6.04 Å². The Morgan fingerprint density at radius 1 is 1.00 bits per heavy atom. The minimum atomic E-state index is -0.542. The number of nitrogens with one attached hydrogen (secondary N) is 1. The molecule has 1 N–H and O–H groups in total. The molecule has 0 saturated carbocycles. The molecule has 2 amide bonds. The molecule has 2 unspecified atom stereocenters. The summed E-state index contributed by atoms with van der Waals surface area (Å²) in [5.41, 5.74) is 2.23. The van der Waals surface area contributed by atoms with E-state index in [4.69, 9.17) is 0 Å². The number of hydrogen-bond acceptors (Lipinski definition) is 4. The summed E-state index contributed by atoms with van der Waals surface area (Å²) in [6.07, 6.45) is 3.27. The summed E-state index contributed by atoms with van der Waals surface area (Å²) in [5.74, 6) is 0.00262. The zero-order valence-electron chi connectivity index (χ0n) is 19.7. The van der Waals surface area contributed by atoms with Crippen LogP contribution in [0.25, 0.3) is 0 Å². The van der Waals surface area contributed by atoms with Gasteiger partial charge in [-0.15, -0.1) is 0 Å². The Labute approximate surface area is 197 Å². The maximum atomic E-state index is 13.2. The normalized spacial score (nSPS) is 21.1. The van der Waals surface area contributed by atoms with E-state index < -0.39 is 6.04 Å². The van der Waals surface area contributed by atoms with Crippen molar-refractivity contribution in [3.63, 3.8) is 0 Å². The van der Waals surface area contributed by atoms with Crippen molar-refractivity contribution in [2.45, 2.75) is 37.8 Å². The van der Waals surface area contributed by atoms with Gasteiger partial charge in [-0.3, -0.25) is 14.5 Å². The van der Waals surface area contributed by atoms with Crippen LogP contribution >= 0.6 is 0 Å². The van der Waals surface area contributed by atoms with Crippen LogP contribution in [0.4, 0.5) is 0 Å². The Morgan fingerprint density at radius 2 is 1.73 bits per heavy atom. The number of amides is 2. The van der Waals surface area contributed by atoms with E-state index in [-0.39, 0.29) is 11.8 Å². The first kappa shape index (κ1) is 23.5. The first-order chi connectivity index (χ1) is 16.1. The van der Waals surface area contributed by atoms with E-state index in [2.05, 4.69) is 52.5 Å². The Balaban J connectivity index is 1.35. The number of piperidine rings is 1. The highest BCUT2D eigenvalue weighted by Gasteiger charge is 2.32. The maximum absolute atomic E-state index is 13.2. The standard InChI is InChI=1S/C27H36N4O2/c1-29-19-20-30(24(21-29)22-11-4-2-5-12-22)17-10-16-28-27(33)26(23-13-6-3-7-14-23)31-18-9-8-15-25(31)32/h2-7,11-14,24,26H,8-10,15-21H2,1H3,(H,28,33). The summed E-state index contributed by atoms with van der Waals surface area (Å²) >= 11 is 0. The SMILES string of the molecule is CN1CCN(CCCNC(=O)C(c2ccccc2)N2CCCCC2=O)C(c2ccccc2)C1. The average Bonchev–Trinajstić information content (AvgIpc) is 2.85. The number of carbonyl (C=O) groups is 2. The third kappa shape index (κ3) is 6.01. The monoisotopic (exact) mass is 448 g/mol. The molecule has 2 fully saturated rings. The second-order valence-electron chi connectivity index (χ2n) is 9.23. The van der Waals surface area contributed by atoms with Gasteiger partial charge in [0.05, 0.1) is 0 Å². The first-order valence-electron chi connectivity index (χ1n) is 12.2. The smallest absolute Gasteiger partial charge is 0.247 e. The van der Waals surface area contributed by atoms with Gasteiger partial charge >= 0.3 is 0 Å². The van der Waals surface area contributed by atoms with Crippen molar-refractivity contribution in [3.8, 4) is 0 Å². The number of benzene rings is 2. The lowest BCUT2D eigenvalue weighted by atomic mass is 10.0. The predicted octanol–water partition coefficient (Wildman–Crippen LogP) is 3.24. The van der Waals surface area contributed by atoms with Crippen molar-refractivity contribution in [1.82, 2.24) is 20.0 Å². The average molecular weight is 449 g/mol. The molecule has 2 aromatic carbocycles. The van der Waals surface area contributed by atoms with Crippen LogP contribution in [0.1, 0.15) is 48.9 Å². The van der Waals surface area contributed by atoms with Crippen LogP contribution < -0.4 is 5.32 Å². The molecule has 0 aromatic heterocycles. The number of carbonyl (C=O) groups excluding carboxylic acids is 2. The van der Waals surface area contributed by atoms with Gasteiger partial charge < -0.3 is 15.1 Å². The minimum absolute atomic E-state index is 0.0746. The second kappa shape index (κ2) is 11.4. The molecule has 2 saturated heterocycles. The van der Waals surface area contributed by atoms with E-state index in [1.54, 1.807) is 4.90 Å².